The van der Waals surface area contributed by atoms with Gasteiger partial charge in [-0.3, -0.25) is 4.79 Å². The monoisotopic (exact) mass is 175 g/mol. The van der Waals surface area contributed by atoms with E-state index in [0.717, 1.165) is 19.4 Å². The zero-order valence-corrected chi connectivity index (χ0v) is 7.16. The molecule has 12 heavy (non-hydrogen) atoms. The van der Waals surface area contributed by atoms with Gasteiger partial charge in [0.2, 0.25) is 0 Å². The summed E-state index contributed by atoms with van der Waals surface area (Å²) in [6.45, 7) is 0.880. The maximum atomic E-state index is 13.2. The third-order valence-electron chi connectivity index (χ3n) is 2.36. The van der Waals surface area contributed by atoms with Gasteiger partial charge in [-0.15, -0.1) is 0 Å². The molecule has 1 heterocycles. The van der Waals surface area contributed by atoms with Crippen molar-refractivity contribution < 1.29 is 14.3 Å². The molecule has 0 amide bonds. The maximum Gasteiger partial charge on any atom is 0.306 e. The molecule has 0 aromatic rings. The van der Waals surface area contributed by atoms with E-state index in [9.17, 15) is 9.18 Å². The largest absolute Gasteiger partial charge is 0.481 e. The van der Waals surface area contributed by atoms with Crippen molar-refractivity contribution in [2.24, 2.45) is 0 Å². The topological polar surface area (TPSA) is 40.5 Å². The molecule has 2 atom stereocenters. The Morgan fingerprint density at radius 3 is 2.92 bits per heavy atom. The predicted molar refractivity (Wildman–Crippen MR) is 42.8 cm³/mol. The van der Waals surface area contributed by atoms with E-state index in [1.54, 1.807) is 0 Å². The molecule has 0 spiro atoms. The molecular weight excluding hydrogens is 161 g/mol. The number of carbonyl (C=O) groups is 1. The van der Waals surface area contributed by atoms with Crippen LogP contribution >= 0.6 is 0 Å². The number of carboxylic acid groups (broad SMARTS) is 1. The van der Waals surface area contributed by atoms with Crippen molar-refractivity contribution in [3.63, 3.8) is 0 Å². The van der Waals surface area contributed by atoms with Gasteiger partial charge in [0.25, 0.3) is 0 Å². The number of likely N-dealkylation sites (tertiary alicyclic amines) is 1. The summed E-state index contributed by atoms with van der Waals surface area (Å²) in [4.78, 5) is 12.1. The van der Waals surface area contributed by atoms with Crippen LogP contribution in [0.1, 0.15) is 19.3 Å². The van der Waals surface area contributed by atoms with Crippen molar-refractivity contribution in [3.8, 4) is 0 Å². The first-order valence-electron chi connectivity index (χ1n) is 4.17. The van der Waals surface area contributed by atoms with Crippen molar-refractivity contribution in [3.05, 3.63) is 0 Å². The summed E-state index contributed by atoms with van der Waals surface area (Å²) in [7, 11) is 1.84. The quantitative estimate of drug-likeness (QED) is 0.692. The number of nitrogens with zero attached hydrogens (tertiary/aromatic N) is 1. The lowest BCUT2D eigenvalue weighted by molar-refractivity contribution is -0.138. The zero-order chi connectivity index (χ0) is 9.14. The van der Waals surface area contributed by atoms with Crippen molar-refractivity contribution in [1.82, 2.24) is 4.90 Å². The maximum absolute atomic E-state index is 13.2. The summed E-state index contributed by atoms with van der Waals surface area (Å²) >= 11 is 0. The number of hydrogen-bond acceptors (Lipinski definition) is 2. The highest BCUT2D eigenvalue weighted by Gasteiger charge is 2.30. The van der Waals surface area contributed by atoms with Gasteiger partial charge >= 0.3 is 5.97 Å². The van der Waals surface area contributed by atoms with Gasteiger partial charge in [0.15, 0.2) is 0 Å². The van der Waals surface area contributed by atoms with Gasteiger partial charge in [-0.05, 0) is 26.4 Å². The van der Waals surface area contributed by atoms with Crippen LogP contribution in [0.3, 0.4) is 0 Å². The van der Waals surface area contributed by atoms with E-state index in [2.05, 4.69) is 0 Å². The average Bonchev–Trinajstić information content (AvgIpc) is 2.33. The van der Waals surface area contributed by atoms with E-state index in [0.29, 0.717) is 0 Å². The van der Waals surface area contributed by atoms with Gasteiger partial charge in [0.05, 0.1) is 6.42 Å². The number of alkyl halides is 1. The minimum atomic E-state index is -1.21. The molecule has 0 radical (unpaired) electrons. The minimum absolute atomic E-state index is 0.180. The number of hydrogen-bond donors (Lipinski definition) is 1. The van der Waals surface area contributed by atoms with Gasteiger partial charge < -0.3 is 10.0 Å². The highest BCUT2D eigenvalue weighted by Crippen LogP contribution is 2.21. The highest BCUT2D eigenvalue weighted by atomic mass is 19.1. The minimum Gasteiger partial charge on any atom is -0.481 e. The number of carboxylic acids is 1. The van der Waals surface area contributed by atoms with Crippen LogP contribution in [0.2, 0.25) is 0 Å². The predicted octanol–water partition coefficient (Wildman–Crippen LogP) is 0.893. The molecule has 0 bridgehead atoms. The van der Waals surface area contributed by atoms with Crippen LogP contribution in [-0.4, -0.2) is 41.8 Å². The second kappa shape index (κ2) is 3.85. The average molecular weight is 175 g/mol. The van der Waals surface area contributed by atoms with E-state index in [4.69, 9.17) is 5.11 Å². The molecule has 0 aliphatic carbocycles. The number of halogens is 1. The summed E-state index contributed by atoms with van der Waals surface area (Å²) in [5.41, 5.74) is 0. The van der Waals surface area contributed by atoms with Gasteiger partial charge in [-0.2, -0.15) is 0 Å². The van der Waals surface area contributed by atoms with Crippen LogP contribution < -0.4 is 0 Å². The van der Waals surface area contributed by atoms with Crippen LogP contribution in [0.5, 0.6) is 0 Å². The van der Waals surface area contributed by atoms with E-state index in [1.165, 1.54) is 0 Å². The van der Waals surface area contributed by atoms with Crippen LogP contribution in [0, 0.1) is 0 Å². The molecule has 3 nitrogen and oxygen atoms in total. The summed E-state index contributed by atoms with van der Waals surface area (Å²) in [6.07, 6.45) is 0.177. The zero-order valence-electron chi connectivity index (χ0n) is 7.16. The molecule has 0 aromatic carbocycles. The molecule has 2 unspecified atom stereocenters. The lowest BCUT2D eigenvalue weighted by Crippen LogP contribution is -2.35. The van der Waals surface area contributed by atoms with Crippen molar-refractivity contribution in [2.75, 3.05) is 13.6 Å². The lowest BCUT2D eigenvalue weighted by atomic mass is 10.1. The Kier molecular flexibility index (Phi) is 3.03. The molecule has 1 aliphatic heterocycles. The molecule has 1 rings (SSSR count). The van der Waals surface area contributed by atoms with E-state index >= 15 is 0 Å². The standard InChI is InChI=1S/C8H14FNO2/c1-10-4-2-3-7(10)6(9)5-8(11)12/h6-7H,2-5H2,1H3,(H,11,12). The number of rotatable bonds is 3. The third kappa shape index (κ3) is 2.17. The van der Waals surface area contributed by atoms with Gasteiger partial charge in [-0.25, -0.2) is 4.39 Å². The Morgan fingerprint density at radius 1 is 1.83 bits per heavy atom. The van der Waals surface area contributed by atoms with Crippen molar-refractivity contribution in [1.29, 1.82) is 0 Å². The Morgan fingerprint density at radius 2 is 2.50 bits per heavy atom. The first-order chi connectivity index (χ1) is 5.61. The SMILES string of the molecule is CN1CCCC1C(F)CC(=O)O. The smallest absolute Gasteiger partial charge is 0.306 e. The molecule has 0 saturated carbocycles. The summed E-state index contributed by atoms with van der Waals surface area (Å²) in [6, 6.07) is -0.180. The summed E-state index contributed by atoms with van der Waals surface area (Å²) < 4.78 is 13.2. The molecule has 1 fully saturated rings. The van der Waals surface area contributed by atoms with Crippen molar-refractivity contribution in [2.45, 2.75) is 31.5 Å². The van der Waals surface area contributed by atoms with E-state index < -0.39 is 12.1 Å². The van der Waals surface area contributed by atoms with Gasteiger partial charge in [-0.1, -0.05) is 0 Å². The van der Waals surface area contributed by atoms with Crippen LogP contribution in [-0.2, 0) is 4.79 Å². The Labute approximate surface area is 71.2 Å². The Hall–Kier alpha value is -0.640. The fraction of sp³-hybridized carbons (Fsp3) is 0.875. The van der Waals surface area contributed by atoms with Crippen molar-refractivity contribution >= 4 is 5.97 Å². The fourth-order valence-electron chi connectivity index (χ4n) is 1.70. The number of aliphatic carboxylic acids is 1. The molecule has 0 aromatic heterocycles. The molecule has 1 saturated heterocycles. The summed E-state index contributed by atoms with van der Waals surface area (Å²) in [5.74, 6) is -1.05. The summed E-state index contributed by atoms with van der Waals surface area (Å²) in [5, 5.41) is 8.37. The Balaban J connectivity index is 2.40. The normalized spacial score (nSPS) is 27.3. The lowest BCUT2D eigenvalue weighted by Gasteiger charge is -2.21. The Bertz CT molecular complexity index is 174. The van der Waals surface area contributed by atoms with E-state index in [-0.39, 0.29) is 12.5 Å². The molecule has 1 aliphatic rings. The van der Waals surface area contributed by atoms with Crippen LogP contribution in [0.4, 0.5) is 4.39 Å². The second-order valence-electron chi connectivity index (χ2n) is 3.30. The fourth-order valence-corrected chi connectivity index (χ4v) is 1.70. The molecular formula is C8H14FNO2. The second-order valence-corrected chi connectivity index (χ2v) is 3.30. The van der Waals surface area contributed by atoms with Crippen LogP contribution in [0.15, 0.2) is 0 Å². The molecule has 70 valence electrons. The van der Waals surface area contributed by atoms with Gasteiger partial charge in [0.1, 0.15) is 6.17 Å². The molecule has 1 N–H and O–H groups in total. The van der Waals surface area contributed by atoms with Gasteiger partial charge in [0, 0.05) is 6.04 Å². The first kappa shape index (κ1) is 9.45. The van der Waals surface area contributed by atoms with E-state index in [1.807, 2.05) is 11.9 Å². The molecule has 4 heteroatoms. The first-order valence-corrected chi connectivity index (χ1v) is 4.17. The van der Waals surface area contributed by atoms with Crippen LogP contribution in [0.25, 0.3) is 0 Å². The third-order valence-corrected chi connectivity index (χ3v) is 2.36. The highest BCUT2D eigenvalue weighted by molar-refractivity contribution is 5.67.